The maximum atomic E-state index is 13.8. The second kappa shape index (κ2) is 9.68. The van der Waals surface area contributed by atoms with E-state index in [1.165, 1.54) is 0 Å². The highest BCUT2D eigenvalue weighted by atomic mass is 32.2. The molecule has 1 fully saturated rings. The van der Waals surface area contributed by atoms with E-state index in [0.717, 1.165) is 28.0 Å². The Morgan fingerprint density at radius 3 is 1.08 bits per heavy atom. The summed E-state index contributed by atoms with van der Waals surface area (Å²) in [5.74, 6) is -0.233. The Balaban J connectivity index is 1.68. The minimum atomic E-state index is -0.626. The van der Waals surface area contributed by atoms with Crippen LogP contribution in [0.15, 0.2) is 157 Å². The van der Waals surface area contributed by atoms with E-state index in [1.54, 1.807) is 0 Å². The zero-order chi connectivity index (χ0) is 25.1. The van der Waals surface area contributed by atoms with Gasteiger partial charge in [-0.2, -0.15) is 0 Å². The Morgan fingerprint density at radius 1 is 0.459 bits per heavy atom. The zero-order valence-electron chi connectivity index (χ0n) is 20.2. The Morgan fingerprint density at radius 2 is 0.757 bits per heavy atom. The molecule has 1 aliphatic rings. The van der Waals surface area contributed by atoms with Gasteiger partial charge in [-0.3, -0.25) is 4.79 Å². The monoisotopic (exact) mass is 495 g/mol. The molecule has 0 aliphatic carbocycles. The second-order valence-corrected chi connectivity index (χ2v) is 10.5. The van der Waals surface area contributed by atoms with Gasteiger partial charge in [0.2, 0.25) is 0 Å². The molecule has 0 saturated carbocycles. The first-order chi connectivity index (χ1) is 18.2. The maximum absolute atomic E-state index is 13.8. The normalized spacial score (nSPS) is 15.4. The first kappa shape index (κ1) is 23.2. The quantitative estimate of drug-likeness (QED) is 0.248. The lowest BCUT2D eigenvalue weighted by atomic mass is 9.73. The first-order valence-corrected chi connectivity index (χ1v) is 13.2. The summed E-state index contributed by atoms with van der Waals surface area (Å²) in [6.07, 6.45) is 0. The highest BCUT2D eigenvalue weighted by Crippen LogP contribution is 2.68. The number of aliphatic imine (C=N–C) groups is 1. The molecule has 1 aliphatic heterocycles. The molecule has 0 unspecified atom stereocenters. The number of rotatable bonds is 5. The number of hydrogen-bond acceptors (Lipinski definition) is 2. The lowest BCUT2D eigenvalue weighted by Gasteiger charge is -2.57. The van der Waals surface area contributed by atoms with Crippen LogP contribution in [0, 0.1) is 0 Å². The van der Waals surface area contributed by atoms with Crippen LogP contribution in [0.3, 0.4) is 0 Å². The Kier molecular flexibility index (Phi) is 6.07. The number of carbonyl (C=O) groups is 1. The zero-order valence-corrected chi connectivity index (χ0v) is 21.0. The van der Waals surface area contributed by atoms with Gasteiger partial charge < -0.3 is 0 Å². The van der Waals surface area contributed by atoms with Crippen molar-refractivity contribution >= 4 is 23.4 Å². The van der Waals surface area contributed by atoms with Crippen molar-refractivity contribution < 1.29 is 4.79 Å². The van der Waals surface area contributed by atoms with Crippen LogP contribution in [0.2, 0.25) is 0 Å². The van der Waals surface area contributed by atoms with E-state index < -0.39 is 9.49 Å². The summed E-state index contributed by atoms with van der Waals surface area (Å²) in [6, 6.07) is 51.0. The van der Waals surface area contributed by atoms with Gasteiger partial charge in [-0.1, -0.05) is 140 Å². The SMILES string of the molecule is O=C(N=C1C(c2ccccc2)(c2ccccc2)SC1(c1ccccc1)c1ccccc1)c1ccccc1. The van der Waals surface area contributed by atoms with Gasteiger partial charge in [-0.25, -0.2) is 4.99 Å². The summed E-state index contributed by atoms with van der Waals surface area (Å²) in [7, 11) is 0. The molecule has 2 nitrogen and oxygen atoms in total. The molecule has 6 rings (SSSR count). The molecule has 5 aromatic rings. The summed E-state index contributed by atoms with van der Waals surface area (Å²) in [4.78, 5) is 18.8. The number of benzene rings is 5. The van der Waals surface area contributed by atoms with E-state index in [1.807, 2.05) is 66.4 Å². The van der Waals surface area contributed by atoms with Gasteiger partial charge >= 0.3 is 0 Å². The minimum absolute atomic E-state index is 0.233. The topological polar surface area (TPSA) is 29.4 Å². The van der Waals surface area contributed by atoms with Gasteiger partial charge in [0.05, 0.1) is 5.71 Å². The Bertz CT molecular complexity index is 1360. The van der Waals surface area contributed by atoms with Gasteiger partial charge in [-0.15, -0.1) is 11.8 Å². The van der Waals surface area contributed by atoms with Crippen LogP contribution in [0.4, 0.5) is 0 Å². The van der Waals surface area contributed by atoms with Crippen LogP contribution < -0.4 is 0 Å². The molecule has 37 heavy (non-hydrogen) atoms. The van der Waals surface area contributed by atoms with Crippen LogP contribution >= 0.6 is 11.8 Å². The van der Waals surface area contributed by atoms with Crippen LogP contribution in [-0.2, 0) is 9.49 Å². The van der Waals surface area contributed by atoms with Crippen molar-refractivity contribution in [3.05, 3.63) is 179 Å². The average molecular weight is 496 g/mol. The fourth-order valence-electron chi connectivity index (χ4n) is 5.24. The molecule has 178 valence electrons. The largest absolute Gasteiger partial charge is 0.277 e. The molecule has 0 radical (unpaired) electrons. The van der Waals surface area contributed by atoms with E-state index in [-0.39, 0.29) is 5.91 Å². The fraction of sp³-hybridized carbons (Fsp3) is 0.0588. The van der Waals surface area contributed by atoms with E-state index >= 15 is 0 Å². The van der Waals surface area contributed by atoms with Crippen molar-refractivity contribution in [2.24, 2.45) is 4.99 Å². The van der Waals surface area contributed by atoms with Crippen molar-refractivity contribution in [1.82, 2.24) is 0 Å². The molecular weight excluding hydrogens is 470 g/mol. The predicted octanol–water partition coefficient (Wildman–Crippen LogP) is 7.90. The number of hydrogen-bond donors (Lipinski definition) is 0. The lowest BCUT2D eigenvalue weighted by molar-refractivity contribution is 0.100. The van der Waals surface area contributed by atoms with Crippen molar-refractivity contribution in [3.63, 3.8) is 0 Å². The van der Waals surface area contributed by atoms with E-state index in [9.17, 15) is 4.79 Å². The number of carbonyl (C=O) groups excluding carboxylic acids is 1. The molecule has 1 heterocycles. The Hall–Kier alpha value is -4.21. The molecule has 5 aromatic carbocycles. The highest BCUT2D eigenvalue weighted by molar-refractivity contribution is 8.05. The number of nitrogens with zero attached hydrogens (tertiary/aromatic N) is 1. The summed E-state index contributed by atoms with van der Waals surface area (Å²) in [5.41, 5.74) is 5.83. The van der Waals surface area contributed by atoms with Gasteiger partial charge in [-0.05, 0) is 34.4 Å². The van der Waals surface area contributed by atoms with Crippen LogP contribution in [-0.4, -0.2) is 11.6 Å². The second-order valence-electron chi connectivity index (χ2n) is 9.06. The number of amides is 1. The van der Waals surface area contributed by atoms with E-state index in [0.29, 0.717) is 5.56 Å². The van der Waals surface area contributed by atoms with Crippen LogP contribution in [0.25, 0.3) is 0 Å². The number of thioether (sulfide) groups is 1. The molecule has 0 atom stereocenters. The van der Waals surface area contributed by atoms with Crippen molar-refractivity contribution in [2.75, 3.05) is 0 Å². The molecule has 0 N–H and O–H groups in total. The minimum Gasteiger partial charge on any atom is -0.267 e. The maximum Gasteiger partial charge on any atom is 0.277 e. The van der Waals surface area contributed by atoms with Crippen molar-refractivity contribution in [3.8, 4) is 0 Å². The van der Waals surface area contributed by atoms with E-state index in [2.05, 4.69) is 97.1 Å². The first-order valence-electron chi connectivity index (χ1n) is 12.4. The smallest absolute Gasteiger partial charge is 0.267 e. The molecule has 0 bridgehead atoms. The van der Waals surface area contributed by atoms with Crippen LogP contribution in [0.1, 0.15) is 32.6 Å². The average Bonchev–Trinajstić information content (AvgIpc) is 2.98. The molecule has 0 aromatic heterocycles. The molecule has 0 spiro atoms. The predicted molar refractivity (Wildman–Crippen MR) is 153 cm³/mol. The fourth-order valence-corrected chi connectivity index (χ4v) is 7.15. The Labute approximate surface area is 221 Å². The van der Waals surface area contributed by atoms with E-state index in [4.69, 9.17) is 4.99 Å². The standard InChI is InChI=1S/C34H25NOS/c36-31(26-16-6-1-7-17-26)35-32-33(27-18-8-2-9-19-27,28-20-10-3-11-21-28)37-34(32,29-22-12-4-13-23-29)30-24-14-5-15-25-30/h1-25H. The van der Waals surface area contributed by atoms with Crippen molar-refractivity contribution in [1.29, 1.82) is 0 Å². The van der Waals surface area contributed by atoms with Gasteiger partial charge in [0.25, 0.3) is 5.91 Å². The van der Waals surface area contributed by atoms with Crippen LogP contribution in [0.5, 0.6) is 0 Å². The molecular formula is C34H25NOS. The highest BCUT2D eigenvalue weighted by Gasteiger charge is 2.65. The van der Waals surface area contributed by atoms with Gasteiger partial charge in [0.15, 0.2) is 0 Å². The summed E-state index contributed by atoms with van der Waals surface area (Å²) >= 11 is 1.84. The third-order valence-electron chi connectivity index (χ3n) is 6.93. The molecule has 3 heteroatoms. The third-order valence-corrected chi connectivity index (χ3v) is 8.87. The lowest BCUT2D eigenvalue weighted by Crippen LogP contribution is -2.59. The van der Waals surface area contributed by atoms with Gasteiger partial charge in [0, 0.05) is 5.56 Å². The summed E-state index contributed by atoms with van der Waals surface area (Å²) in [6.45, 7) is 0. The molecule has 1 saturated heterocycles. The summed E-state index contributed by atoms with van der Waals surface area (Å²) < 4.78 is -1.25. The van der Waals surface area contributed by atoms with Gasteiger partial charge in [0.1, 0.15) is 9.49 Å². The third kappa shape index (κ3) is 3.83. The summed E-state index contributed by atoms with van der Waals surface area (Å²) in [5, 5.41) is 0. The van der Waals surface area contributed by atoms with Crippen molar-refractivity contribution in [2.45, 2.75) is 9.49 Å². The molecule has 1 amide bonds.